The van der Waals surface area contributed by atoms with Crippen molar-refractivity contribution in [2.45, 2.75) is 24.8 Å². The Morgan fingerprint density at radius 3 is 2.72 bits per heavy atom. The number of nitrogens with one attached hydrogen (secondary N) is 3. The molecule has 3 N–H and O–H groups in total. The molecule has 1 amide bonds. The summed E-state index contributed by atoms with van der Waals surface area (Å²) in [7, 11) is 0. The molecule has 3 heterocycles. The van der Waals surface area contributed by atoms with E-state index in [1.165, 1.54) is 6.07 Å². The van der Waals surface area contributed by atoms with Gasteiger partial charge in [0.05, 0.1) is 5.52 Å². The highest BCUT2D eigenvalue weighted by Crippen LogP contribution is 2.29. The molecule has 7 heteroatoms. The third-order valence-corrected chi connectivity index (χ3v) is 6.12. The lowest BCUT2D eigenvalue weighted by Crippen LogP contribution is -2.39. The van der Waals surface area contributed by atoms with Gasteiger partial charge in [0, 0.05) is 40.9 Å². The molecule has 1 aliphatic heterocycles. The molecular formula is C25H24FN5O. The second-order valence-corrected chi connectivity index (χ2v) is 8.14. The minimum Gasteiger partial charge on any atom is -0.349 e. The average Bonchev–Trinajstić information content (AvgIpc) is 3.11. The molecule has 4 aromatic rings. The standard InChI is InChI=1S/C25H24FN5O/c26-19-3-1-2-17(14-19)20-8-12-28-13-9-22(20)29-25(32)18-4-5-23-21(15-18)24(31-30-23)16-6-10-27-11-7-16/h1-7,10-11,14-15,20,22,28H,8-9,12-13H2,(H,29,32)(H,30,31). The van der Waals surface area contributed by atoms with Gasteiger partial charge in [-0.25, -0.2) is 4.39 Å². The Morgan fingerprint density at radius 1 is 1.03 bits per heavy atom. The third-order valence-electron chi connectivity index (χ3n) is 6.12. The zero-order chi connectivity index (χ0) is 21.9. The number of pyridine rings is 1. The molecule has 0 saturated carbocycles. The van der Waals surface area contributed by atoms with Gasteiger partial charge in [-0.05, 0) is 74.0 Å². The molecule has 2 aromatic heterocycles. The molecule has 162 valence electrons. The predicted octanol–water partition coefficient (Wildman–Crippen LogP) is 4.03. The van der Waals surface area contributed by atoms with Gasteiger partial charge in [0.25, 0.3) is 5.91 Å². The molecule has 5 rings (SSSR count). The molecule has 0 radical (unpaired) electrons. The Kier molecular flexibility index (Phi) is 5.64. The van der Waals surface area contributed by atoms with Crippen LogP contribution in [-0.4, -0.2) is 40.2 Å². The number of benzene rings is 2. The fraction of sp³-hybridized carbons (Fsp3) is 0.240. The van der Waals surface area contributed by atoms with Crippen LogP contribution in [0.5, 0.6) is 0 Å². The van der Waals surface area contributed by atoms with Crippen molar-refractivity contribution in [2.24, 2.45) is 0 Å². The summed E-state index contributed by atoms with van der Waals surface area (Å²) in [5.74, 6) is -0.337. The van der Waals surface area contributed by atoms with Crippen LogP contribution in [0.1, 0.15) is 34.7 Å². The van der Waals surface area contributed by atoms with Crippen LogP contribution in [0, 0.1) is 5.82 Å². The first kappa shape index (κ1) is 20.3. The zero-order valence-corrected chi connectivity index (χ0v) is 17.5. The van der Waals surface area contributed by atoms with E-state index in [1.54, 1.807) is 30.6 Å². The van der Waals surface area contributed by atoms with E-state index in [0.717, 1.165) is 53.7 Å². The zero-order valence-electron chi connectivity index (χ0n) is 17.5. The molecule has 0 aliphatic carbocycles. The molecule has 2 aromatic carbocycles. The fourth-order valence-corrected chi connectivity index (χ4v) is 4.49. The van der Waals surface area contributed by atoms with Crippen LogP contribution in [-0.2, 0) is 0 Å². The number of halogens is 1. The predicted molar refractivity (Wildman–Crippen MR) is 122 cm³/mol. The number of rotatable bonds is 4. The maximum absolute atomic E-state index is 13.9. The number of nitrogens with zero attached hydrogens (tertiary/aromatic N) is 2. The first-order chi connectivity index (χ1) is 15.7. The molecule has 2 atom stereocenters. The highest BCUT2D eigenvalue weighted by atomic mass is 19.1. The summed E-state index contributed by atoms with van der Waals surface area (Å²) in [5, 5.41) is 14.9. The number of amides is 1. The van der Waals surface area contributed by atoms with Gasteiger partial charge in [-0.15, -0.1) is 0 Å². The molecule has 0 bridgehead atoms. The van der Waals surface area contributed by atoms with Crippen LogP contribution in [0.4, 0.5) is 4.39 Å². The van der Waals surface area contributed by atoms with E-state index in [-0.39, 0.29) is 23.7 Å². The van der Waals surface area contributed by atoms with E-state index in [0.29, 0.717) is 5.56 Å². The summed E-state index contributed by atoms with van der Waals surface area (Å²) in [4.78, 5) is 17.3. The SMILES string of the molecule is O=C(NC1CCNCCC1c1cccc(F)c1)c1ccc2[nH]nc(-c3ccncc3)c2c1. The topological polar surface area (TPSA) is 82.7 Å². The summed E-state index contributed by atoms with van der Waals surface area (Å²) < 4.78 is 13.9. The molecule has 6 nitrogen and oxygen atoms in total. The minimum absolute atomic E-state index is 0.0506. The summed E-state index contributed by atoms with van der Waals surface area (Å²) >= 11 is 0. The van der Waals surface area contributed by atoms with Crippen LogP contribution < -0.4 is 10.6 Å². The van der Waals surface area contributed by atoms with E-state index in [9.17, 15) is 9.18 Å². The maximum atomic E-state index is 13.9. The van der Waals surface area contributed by atoms with Crippen molar-refractivity contribution in [2.75, 3.05) is 13.1 Å². The fourth-order valence-electron chi connectivity index (χ4n) is 4.49. The largest absolute Gasteiger partial charge is 0.349 e. The molecule has 32 heavy (non-hydrogen) atoms. The molecule has 0 spiro atoms. The number of hydrogen-bond acceptors (Lipinski definition) is 4. The Morgan fingerprint density at radius 2 is 1.88 bits per heavy atom. The smallest absolute Gasteiger partial charge is 0.251 e. The molecule has 1 fully saturated rings. The van der Waals surface area contributed by atoms with Gasteiger partial charge in [-0.3, -0.25) is 14.9 Å². The number of carbonyl (C=O) groups is 1. The average molecular weight is 429 g/mol. The lowest BCUT2D eigenvalue weighted by Gasteiger charge is -2.26. The maximum Gasteiger partial charge on any atom is 0.251 e. The molecular weight excluding hydrogens is 405 g/mol. The van der Waals surface area contributed by atoms with Crippen molar-refractivity contribution in [1.82, 2.24) is 25.8 Å². The van der Waals surface area contributed by atoms with Crippen molar-refractivity contribution in [3.8, 4) is 11.3 Å². The summed E-state index contributed by atoms with van der Waals surface area (Å²) in [6, 6.07) is 16.0. The van der Waals surface area contributed by atoms with Gasteiger partial charge in [-0.1, -0.05) is 12.1 Å². The van der Waals surface area contributed by atoms with Crippen molar-refractivity contribution in [3.05, 3.63) is 83.9 Å². The summed E-state index contributed by atoms with van der Waals surface area (Å²) in [5.41, 5.74) is 4.08. The third kappa shape index (κ3) is 4.11. The number of carbonyl (C=O) groups excluding carboxylic acids is 1. The number of hydrogen-bond donors (Lipinski definition) is 3. The van der Waals surface area contributed by atoms with E-state index >= 15 is 0 Å². The van der Waals surface area contributed by atoms with Gasteiger partial charge < -0.3 is 10.6 Å². The van der Waals surface area contributed by atoms with Gasteiger partial charge >= 0.3 is 0 Å². The first-order valence-corrected chi connectivity index (χ1v) is 10.8. The van der Waals surface area contributed by atoms with E-state index in [2.05, 4.69) is 25.8 Å². The number of aromatic amines is 1. The van der Waals surface area contributed by atoms with Crippen molar-refractivity contribution in [3.63, 3.8) is 0 Å². The quantitative estimate of drug-likeness (QED) is 0.457. The van der Waals surface area contributed by atoms with Crippen LogP contribution >= 0.6 is 0 Å². The number of H-pyrrole nitrogens is 1. The monoisotopic (exact) mass is 429 g/mol. The van der Waals surface area contributed by atoms with Crippen LogP contribution in [0.15, 0.2) is 67.0 Å². The first-order valence-electron chi connectivity index (χ1n) is 10.8. The van der Waals surface area contributed by atoms with E-state index in [1.807, 2.05) is 30.3 Å². The molecule has 1 saturated heterocycles. The van der Waals surface area contributed by atoms with Crippen molar-refractivity contribution >= 4 is 16.8 Å². The van der Waals surface area contributed by atoms with Crippen LogP contribution in [0.25, 0.3) is 22.2 Å². The van der Waals surface area contributed by atoms with Gasteiger partial charge in [-0.2, -0.15) is 5.10 Å². The highest BCUT2D eigenvalue weighted by Gasteiger charge is 2.27. The van der Waals surface area contributed by atoms with Crippen molar-refractivity contribution in [1.29, 1.82) is 0 Å². The van der Waals surface area contributed by atoms with Crippen molar-refractivity contribution < 1.29 is 9.18 Å². The number of fused-ring (bicyclic) bond motifs is 1. The normalized spacial score (nSPS) is 18.9. The lowest BCUT2D eigenvalue weighted by atomic mass is 9.87. The Labute approximate surface area is 185 Å². The Bertz CT molecular complexity index is 1240. The minimum atomic E-state index is -0.251. The second-order valence-electron chi connectivity index (χ2n) is 8.14. The number of aromatic nitrogens is 3. The van der Waals surface area contributed by atoms with Gasteiger partial charge in [0.1, 0.15) is 11.5 Å². The molecule has 1 aliphatic rings. The summed E-state index contributed by atoms with van der Waals surface area (Å²) in [6.07, 6.45) is 5.06. The van der Waals surface area contributed by atoms with Crippen LogP contribution in [0.2, 0.25) is 0 Å². The van der Waals surface area contributed by atoms with Crippen LogP contribution in [0.3, 0.4) is 0 Å². The van der Waals surface area contributed by atoms with E-state index < -0.39 is 0 Å². The lowest BCUT2D eigenvalue weighted by molar-refractivity contribution is 0.0929. The molecule has 2 unspecified atom stereocenters. The van der Waals surface area contributed by atoms with Gasteiger partial charge in [0.15, 0.2) is 0 Å². The van der Waals surface area contributed by atoms with Gasteiger partial charge in [0.2, 0.25) is 0 Å². The Hall–Kier alpha value is -3.58. The van der Waals surface area contributed by atoms with E-state index in [4.69, 9.17) is 0 Å². The second kappa shape index (κ2) is 8.88. The Balaban J connectivity index is 1.43. The highest BCUT2D eigenvalue weighted by molar-refractivity contribution is 6.01. The summed E-state index contributed by atoms with van der Waals surface area (Å²) in [6.45, 7) is 1.65.